The predicted molar refractivity (Wildman–Crippen MR) is 114 cm³/mol. The maximum absolute atomic E-state index is 13.4. The summed E-state index contributed by atoms with van der Waals surface area (Å²) >= 11 is 0. The molecule has 6 nitrogen and oxygen atoms in total. The van der Waals surface area contributed by atoms with Crippen molar-refractivity contribution in [3.63, 3.8) is 0 Å². The molecule has 2 aromatic carbocycles. The normalized spacial score (nSPS) is 13.5. The Morgan fingerprint density at radius 1 is 1.23 bits per heavy atom. The number of benzene rings is 2. The molecule has 0 bridgehead atoms. The van der Waals surface area contributed by atoms with Gasteiger partial charge in [0.15, 0.2) is 5.76 Å². The zero-order valence-electron chi connectivity index (χ0n) is 17.0. The molecule has 1 aliphatic rings. The quantitative estimate of drug-likeness (QED) is 0.468. The Hall–Kier alpha value is -3.54. The van der Waals surface area contributed by atoms with Crippen LogP contribution in [-0.4, -0.2) is 33.7 Å². The average Bonchev–Trinajstić information content (AvgIpc) is 3.43. The summed E-state index contributed by atoms with van der Waals surface area (Å²) in [5.74, 6) is 1.04. The van der Waals surface area contributed by atoms with Crippen molar-refractivity contribution in [2.24, 2.45) is 0 Å². The topological polar surface area (TPSA) is 60.5 Å². The number of amides is 1. The van der Waals surface area contributed by atoms with Crippen LogP contribution in [0.2, 0.25) is 0 Å². The van der Waals surface area contributed by atoms with E-state index < -0.39 is 0 Å². The highest BCUT2D eigenvalue weighted by Gasteiger charge is 2.35. The molecule has 0 spiro atoms. The van der Waals surface area contributed by atoms with Crippen LogP contribution in [0.5, 0.6) is 5.75 Å². The molecule has 30 heavy (non-hydrogen) atoms. The number of furan rings is 1. The van der Waals surface area contributed by atoms with E-state index in [1.165, 1.54) is 0 Å². The first-order chi connectivity index (χ1) is 14.6. The zero-order chi connectivity index (χ0) is 20.7. The van der Waals surface area contributed by atoms with Gasteiger partial charge in [-0.05, 0) is 44.0 Å². The number of ether oxygens (including phenoxy) is 1. The number of fused-ring (bicyclic) bond motifs is 1. The molecule has 5 rings (SSSR count). The van der Waals surface area contributed by atoms with Crippen LogP contribution in [0.15, 0.2) is 65.3 Å². The summed E-state index contributed by atoms with van der Waals surface area (Å²) in [7, 11) is 1.62. The third-order valence-corrected chi connectivity index (χ3v) is 5.60. The van der Waals surface area contributed by atoms with Crippen LogP contribution in [-0.2, 0) is 6.54 Å². The Balaban J connectivity index is 1.43. The van der Waals surface area contributed by atoms with E-state index in [1.54, 1.807) is 7.11 Å². The van der Waals surface area contributed by atoms with Crippen molar-refractivity contribution in [1.82, 2.24) is 14.7 Å². The van der Waals surface area contributed by atoms with Gasteiger partial charge in [0, 0.05) is 41.4 Å². The Kier molecular flexibility index (Phi) is 4.54. The lowest BCUT2D eigenvalue weighted by Crippen LogP contribution is -2.32. The summed E-state index contributed by atoms with van der Waals surface area (Å²) in [4.78, 5) is 15.3. The van der Waals surface area contributed by atoms with E-state index in [1.807, 2.05) is 77.4 Å². The van der Waals surface area contributed by atoms with E-state index in [2.05, 4.69) is 5.10 Å². The highest BCUT2D eigenvalue weighted by Crippen LogP contribution is 2.34. The number of carbonyl (C=O) groups is 1. The SMILES string of the molecule is COc1ccc2c(C)c(C(=O)N(Cc3cnn(-c4ccccc4)c3)C3CC3)oc2c1. The summed E-state index contributed by atoms with van der Waals surface area (Å²) in [6.45, 7) is 2.44. The summed E-state index contributed by atoms with van der Waals surface area (Å²) in [6.07, 6.45) is 5.84. The Morgan fingerprint density at radius 3 is 2.77 bits per heavy atom. The van der Waals surface area contributed by atoms with Gasteiger partial charge in [-0.1, -0.05) is 18.2 Å². The molecule has 4 aromatic rings. The highest BCUT2D eigenvalue weighted by molar-refractivity contribution is 5.99. The van der Waals surface area contributed by atoms with Crippen molar-refractivity contribution in [3.8, 4) is 11.4 Å². The van der Waals surface area contributed by atoms with E-state index in [-0.39, 0.29) is 11.9 Å². The highest BCUT2D eigenvalue weighted by atomic mass is 16.5. The molecule has 1 amide bonds. The molecule has 0 N–H and O–H groups in total. The molecule has 2 aromatic heterocycles. The van der Waals surface area contributed by atoms with Crippen LogP contribution < -0.4 is 4.74 Å². The Labute approximate surface area is 174 Å². The van der Waals surface area contributed by atoms with Gasteiger partial charge in [0.25, 0.3) is 5.91 Å². The van der Waals surface area contributed by atoms with Crippen molar-refractivity contribution in [3.05, 3.63) is 77.8 Å². The number of hydrogen-bond donors (Lipinski definition) is 0. The largest absolute Gasteiger partial charge is 0.497 e. The van der Waals surface area contributed by atoms with Gasteiger partial charge in [0.05, 0.1) is 19.0 Å². The molecule has 152 valence electrons. The predicted octanol–water partition coefficient (Wildman–Crippen LogP) is 4.74. The van der Waals surface area contributed by atoms with Crippen LogP contribution in [0.25, 0.3) is 16.7 Å². The summed E-state index contributed by atoms with van der Waals surface area (Å²) in [5.41, 5.74) is 3.52. The average molecular weight is 401 g/mol. The number of para-hydroxylation sites is 1. The first-order valence-electron chi connectivity index (χ1n) is 10.1. The van der Waals surface area contributed by atoms with Crippen molar-refractivity contribution in [1.29, 1.82) is 0 Å². The fraction of sp³-hybridized carbons (Fsp3) is 0.250. The van der Waals surface area contributed by atoms with E-state index in [9.17, 15) is 4.79 Å². The lowest BCUT2D eigenvalue weighted by atomic mass is 10.1. The molecular formula is C24H23N3O3. The van der Waals surface area contributed by atoms with Gasteiger partial charge >= 0.3 is 0 Å². The summed E-state index contributed by atoms with van der Waals surface area (Å²) < 4.78 is 13.1. The fourth-order valence-corrected chi connectivity index (χ4v) is 3.78. The molecule has 2 heterocycles. The molecule has 0 aliphatic heterocycles. The summed E-state index contributed by atoms with van der Waals surface area (Å²) in [5, 5.41) is 5.40. The van der Waals surface area contributed by atoms with Gasteiger partial charge in [-0.15, -0.1) is 0 Å². The smallest absolute Gasteiger partial charge is 0.290 e. The molecule has 1 fully saturated rings. The number of nitrogens with zero attached hydrogens (tertiary/aromatic N) is 3. The zero-order valence-corrected chi connectivity index (χ0v) is 17.0. The number of aryl methyl sites for hydroxylation is 1. The Bertz CT molecular complexity index is 1210. The van der Waals surface area contributed by atoms with Crippen LogP contribution in [0.4, 0.5) is 0 Å². The van der Waals surface area contributed by atoms with Gasteiger partial charge in [0.2, 0.25) is 0 Å². The van der Waals surface area contributed by atoms with E-state index in [0.717, 1.165) is 35.0 Å². The third kappa shape index (κ3) is 3.34. The second kappa shape index (κ2) is 7.37. The van der Waals surface area contributed by atoms with Gasteiger partial charge in [-0.3, -0.25) is 4.79 Å². The number of aromatic nitrogens is 2. The van der Waals surface area contributed by atoms with E-state index >= 15 is 0 Å². The van der Waals surface area contributed by atoms with Crippen molar-refractivity contribution in [2.75, 3.05) is 7.11 Å². The lowest BCUT2D eigenvalue weighted by Gasteiger charge is -2.21. The minimum absolute atomic E-state index is 0.0716. The van der Waals surface area contributed by atoms with Crippen LogP contribution in [0, 0.1) is 6.92 Å². The molecule has 0 radical (unpaired) electrons. The molecule has 1 aliphatic carbocycles. The van der Waals surface area contributed by atoms with E-state index in [0.29, 0.717) is 23.6 Å². The van der Waals surface area contributed by atoms with Crippen molar-refractivity contribution < 1.29 is 13.9 Å². The van der Waals surface area contributed by atoms with Gasteiger partial charge < -0.3 is 14.1 Å². The van der Waals surface area contributed by atoms with Crippen molar-refractivity contribution in [2.45, 2.75) is 32.4 Å². The fourth-order valence-electron chi connectivity index (χ4n) is 3.78. The maximum atomic E-state index is 13.4. The van der Waals surface area contributed by atoms with E-state index in [4.69, 9.17) is 9.15 Å². The second-order valence-corrected chi connectivity index (χ2v) is 7.71. The molecule has 0 saturated heterocycles. The summed E-state index contributed by atoms with van der Waals surface area (Å²) in [6, 6.07) is 15.9. The number of rotatable bonds is 6. The first-order valence-corrected chi connectivity index (χ1v) is 10.1. The minimum Gasteiger partial charge on any atom is -0.497 e. The third-order valence-electron chi connectivity index (χ3n) is 5.60. The van der Waals surface area contributed by atoms with Gasteiger partial charge in [-0.2, -0.15) is 5.10 Å². The number of methoxy groups -OCH3 is 1. The molecular weight excluding hydrogens is 378 g/mol. The standard InChI is InChI=1S/C24H23N3O3/c1-16-21-11-10-20(29-2)12-22(21)30-23(16)24(28)26(18-8-9-18)14-17-13-25-27(15-17)19-6-4-3-5-7-19/h3-7,10-13,15,18H,8-9,14H2,1-2H3. The van der Waals surface area contributed by atoms with Gasteiger partial charge in [0.1, 0.15) is 11.3 Å². The molecule has 0 unspecified atom stereocenters. The van der Waals surface area contributed by atoms with Crippen LogP contribution in [0.1, 0.15) is 34.5 Å². The van der Waals surface area contributed by atoms with Crippen LogP contribution in [0.3, 0.4) is 0 Å². The first kappa shape index (κ1) is 18.5. The maximum Gasteiger partial charge on any atom is 0.290 e. The molecule has 6 heteroatoms. The Morgan fingerprint density at radius 2 is 2.03 bits per heavy atom. The number of carbonyl (C=O) groups excluding carboxylic acids is 1. The second-order valence-electron chi connectivity index (χ2n) is 7.71. The minimum atomic E-state index is -0.0716. The molecule has 1 saturated carbocycles. The molecule has 0 atom stereocenters. The monoisotopic (exact) mass is 401 g/mol. The van der Waals surface area contributed by atoms with Gasteiger partial charge in [-0.25, -0.2) is 4.68 Å². The number of hydrogen-bond acceptors (Lipinski definition) is 4. The lowest BCUT2D eigenvalue weighted by molar-refractivity contribution is 0.0699. The van der Waals surface area contributed by atoms with Crippen molar-refractivity contribution >= 4 is 16.9 Å². The van der Waals surface area contributed by atoms with Crippen LogP contribution >= 0.6 is 0 Å².